The lowest BCUT2D eigenvalue weighted by atomic mass is 10.0. The van der Waals surface area contributed by atoms with Crippen LogP contribution in [-0.2, 0) is 11.2 Å². The third kappa shape index (κ3) is 6.17. The van der Waals surface area contributed by atoms with Crippen molar-refractivity contribution in [2.45, 2.75) is 22.3 Å². The van der Waals surface area contributed by atoms with Crippen LogP contribution < -0.4 is 0 Å². The molecule has 0 saturated carbocycles. The first kappa shape index (κ1) is 19.4. The third-order valence-corrected chi connectivity index (χ3v) is 5.41. The molecule has 24 heavy (non-hydrogen) atoms. The van der Waals surface area contributed by atoms with Gasteiger partial charge < -0.3 is 9.64 Å². The maximum Gasteiger partial charge on any atom is 0.0865 e. The molecule has 1 atom stereocenters. The summed E-state index contributed by atoms with van der Waals surface area (Å²) < 4.78 is 6.22. The first-order valence-electron chi connectivity index (χ1n) is 8.15. The van der Waals surface area contributed by atoms with Gasteiger partial charge in [0.25, 0.3) is 0 Å². The van der Waals surface area contributed by atoms with E-state index in [4.69, 9.17) is 4.74 Å². The Bertz CT molecular complexity index is 596. The Morgan fingerprint density at radius 2 is 1.42 bits per heavy atom. The Morgan fingerprint density at radius 1 is 0.875 bits per heavy atom. The first-order valence-corrected chi connectivity index (χ1v) is 10.6. The van der Waals surface area contributed by atoms with Crippen molar-refractivity contribution < 1.29 is 4.74 Å². The van der Waals surface area contributed by atoms with Gasteiger partial charge in [0.15, 0.2) is 0 Å². The molecule has 0 aliphatic rings. The van der Waals surface area contributed by atoms with Crippen molar-refractivity contribution in [2.75, 3.05) is 39.8 Å². The molecule has 0 saturated heterocycles. The molecule has 0 heterocycles. The zero-order valence-corrected chi connectivity index (χ0v) is 16.6. The number of thioether (sulfide) groups is 2. The summed E-state index contributed by atoms with van der Waals surface area (Å²) >= 11 is 3.54. The number of likely N-dealkylation sites (N-methyl/N-ethyl adjacent to an activating group) is 1. The van der Waals surface area contributed by atoms with Gasteiger partial charge in [-0.1, -0.05) is 24.3 Å². The van der Waals surface area contributed by atoms with E-state index in [1.807, 2.05) is 0 Å². The van der Waals surface area contributed by atoms with Crippen molar-refractivity contribution >= 4 is 23.5 Å². The summed E-state index contributed by atoms with van der Waals surface area (Å²) in [5, 5.41) is 0. The van der Waals surface area contributed by atoms with Gasteiger partial charge >= 0.3 is 0 Å². The normalized spacial score (nSPS) is 12.5. The highest BCUT2D eigenvalue weighted by Crippen LogP contribution is 2.26. The molecule has 0 bridgehead atoms. The van der Waals surface area contributed by atoms with Crippen molar-refractivity contribution in [3.8, 4) is 0 Å². The fourth-order valence-electron chi connectivity index (χ4n) is 2.44. The van der Waals surface area contributed by atoms with E-state index >= 15 is 0 Å². The molecule has 0 aromatic heterocycles. The van der Waals surface area contributed by atoms with Gasteiger partial charge in [0.1, 0.15) is 0 Å². The van der Waals surface area contributed by atoms with Crippen molar-refractivity contribution in [3.05, 3.63) is 59.7 Å². The molecule has 0 radical (unpaired) electrons. The number of ether oxygens (including phenoxy) is 1. The van der Waals surface area contributed by atoms with E-state index in [1.165, 1.54) is 20.9 Å². The number of hydrogen-bond acceptors (Lipinski definition) is 4. The van der Waals surface area contributed by atoms with E-state index in [9.17, 15) is 0 Å². The monoisotopic (exact) mass is 361 g/mol. The number of benzene rings is 2. The lowest BCUT2D eigenvalue weighted by molar-refractivity contribution is 0.0436. The van der Waals surface area contributed by atoms with Gasteiger partial charge in [0, 0.05) is 22.8 Å². The molecular weight excluding hydrogens is 334 g/mol. The molecule has 0 spiro atoms. The van der Waals surface area contributed by atoms with Gasteiger partial charge in [-0.2, -0.15) is 0 Å². The van der Waals surface area contributed by atoms with Gasteiger partial charge in [-0.05, 0) is 62.0 Å². The van der Waals surface area contributed by atoms with Gasteiger partial charge in [-0.15, -0.1) is 23.5 Å². The molecule has 2 rings (SSSR count). The average molecular weight is 362 g/mol. The molecular formula is C20H27NOS2. The largest absolute Gasteiger partial charge is 0.372 e. The predicted molar refractivity (Wildman–Crippen MR) is 107 cm³/mol. The molecule has 0 amide bonds. The summed E-state index contributed by atoms with van der Waals surface area (Å²) in [6.45, 7) is 1.68. The SMILES string of the molecule is CSc1ccc(CC(OCCN(C)C)c2ccc(SC)cc2)cc1. The summed E-state index contributed by atoms with van der Waals surface area (Å²) in [4.78, 5) is 4.74. The van der Waals surface area contributed by atoms with Crippen molar-refractivity contribution in [2.24, 2.45) is 0 Å². The lowest BCUT2D eigenvalue weighted by Gasteiger charge is -2.20. The summed E-state index contributed by atoms with van der Waals surface area (Å²) in [5.74, 6) is 0. The molecule has 4 heteroatoms. The van der Waals surface area contributed by atoms with Crippen molar-refractivity contribution in [3.63, 3.8) is 0 Å². The molecule has 0 aliphatic heterocycles. The second kappa shape index (κ2) is 10.1. The molecule has 0 N–H and O–H groups in total. The zero-order valence-electron chi connectivity index (χ0n) is 15.0. The van der Waals surface area contributed by atoms with Crippen LogP contribution in [-0.4, -0.2) is 44.7 Å². The summed E-state index contributed by atoms with van der Waals surface area (Å²) in [6, 6.07) is 17.6. The third-order valence-electron chi connectivity index (χ3n) is 3.93. The van der Waals surface area contributed by atoms with E-state index in [0.717, 1.165) is 19.6 Å². The second-order valence-corrected chi connectivity index (χ2v) is 7.75. The zero-order chi connectivity index (χ0) is 17.4. The number of nitrogens with zero attached hydrogens (tertiary/aromatic N) is 1. The Hall–Kier alpha value is -0.940. The minimum atomic E-state index is 0.0981. The average Bonchev–Trinajstić information content (AvgIpc) is 2.61. The van der Waals surface area contributed by atoms with Crippen LogP contribution in [0.25, 0.3) is 0 Å². The predicted octanol–water partition coefficient (Wildman–Crippen LogP) is 4.99. The minimum Gasteiger partial charge on any atom is -0.372 e. The minimum absolute atomic E-state index is 0.0981. The van der Waals surface area contributed by atoms with E-state index in [2.05, 4.69) is 80.0 Å². The van der Waals surface area contributed by atoms with Crippen LogP contribution in [0.4, 0.5) is 0 Å². The Kier molecular flexibility index (Phi) is 8.19. The molecule has 2 aromatic carbocycles. The topological polar surface area (TPSA) is 12.5 Å². The van der Waals surface area contributed by atoms with E-state index in [1.54, 1.807) is 23.5 Å². The molecule has 130 valence electrons. The Morgan fingerprint density at radius 3 is 1.92 bits per heavy atom. The summed E-state index contributed by atoms with van der Waals surface area (Å²) in [5.41, 5.74) is 2.57. The summed E-state index contributed by atoms with van der Waals surface area (Å²) in [7, 11) is 4.15. The fraction of sp³-hybridized carbons (Fsp3) is 0.400. The highest BCUT2D eigenvalue weighted by molar-refractivity contribution is 7.98. The van der Waals surface area contributed by atoms with Crippen LogP contribution in [0.5, 0.6) is 0 Å². The highest BCUT2D eigenvalue weighted by Gasteiger charge is 2.13. The van der Waals surface area contributed by atoms with Crippen LogP contribution in [0.3, 0.4) is 0 Å². The maximum absolute atomic E-state index is 6.22. The lowest BCUT2D eigenvalue weighted by Crippen LogP contribution is -2.20. The molecule has 2 aromatic rings. The summed E-state index contributed by atoms with van der Waals surface area (Å²) in [6.07, 6.45) is 5.21. The molecule has 0 fully saturated rings. The standard InChI is InChI=1S/C20H27NOS2/c1-21(2)13-14-22-20(17-7-11-19(24-4)12-8-17)15-16-5-9-18(23-3)10-6-16/h5-12,20H,13-15H2,1-4H3. The van der Waals surface area contributed by atoms with Gasteiger partial charge in [0.05, 0.1) is 12.7 Å². The van der Waals surface area contributed by atoms with Crippen LogP contribution >= 0.6 is 23.5 Å². The quantitative estimate of drug-likeness (QED) is 0.583. The van der Waals surface area contributed by atoms with Gasteiger partial charge in [-0.3, -0.25) is 0 Å². The van der Waals surface area contributed by atoms with Gasteiger partial charge in [-0.25, -0.2) is 0 Å². The molecule has 2 nitrogen and oxygen atoms in total. The smallest absolute Gasteiger partial charge is 0.0865 e. The second-order valence-electron chi connectivity index (χ2n) is 5.99. The van der Waals surface area contributed by atoms with Gasteiger partial charge in [0.2, 0.25) is 0 Å². The molecule has 1 unspecified atom stereocenters. The number of rotatable bonds is 9. The van der Waals surface area contributed by atoms with E-state index in [0.29, 0.717) is 0 Å². The Balaban J connectivity index is 2.10. The van der Waals surface area contributed by atoms with Crippen molar-refractivity contribution in [1.82, 2.24) is 4.90 Å². The van der Waals surface area contributed by atoms with E-state index in [-0.39, 0.29) is 6.10 Å². The van der Waals surface area contributed by atoms with Crippen LogP contribution in [0, 0.1) is 0 Å². The van der Waals surface area contributed by atoms with Crippen LogP contribution in [0.1, 0.15) is 17.2 Å². The first-order chi connectivity index (χ1) is 11.6. The number of hydrogen-bond donors (Lipinski definition) is 0. The fourth-order valence-corrected chi connectivity index (χ4v) is 3.26. The van der Waals surface area contributed by atoms with Crippen molar-refractivity contribution in [1.29, 1.82) is 0 Å². The Labute approximate surface area is 155 Å². The highest BCUT2D eigenvalue weighted by atomic mass is 32.2. The van der Waals surface area contributed by atoms with Crippen LogP contribution in [0.15, 0.2) is 58.3 Å². The maximum atomic E-state index is 6.22. The van der Waals surface area contributed by atoms with Crippen LogP contribution in [0.2, 0.25) is 0 Å². The molecule has 0 aliphatic carbocycles. The van der Waals surface area contributed by atoms with E-state index < -0.39 is 0 Å².